The first kappa shape index (κ1) is 17.0. The fourth-order valence-electron chi connectivity index (χ4n) is 1.52. The Balaban J connectivity index is 2.67. The number of carboxylic acids is 1. The zero-order valence-electron chi connectivity index (χ0n) is 11.1. The van der Waals surface area contributed by atoms with Crippen LogP contribution in [0.1, 0.15) is 13.8 Å². The van der Waals surface area contributed by atoms with Gasteiger partial charge in [-0.15, -0.1) is 0 Å². The lowest BCUT2D eigenvalue weighted by molar-refractivity contribution is -0.146. The summed E-state index contributed by atoms with van der Waals surface area (Å²) in [6, 6.07) is 5.12. The van der Waals surface area contributed by atoms with Crippen molar-refractivity contribution in [2.45, 2.75) is 19.9 Å². The van der Waals surface area contributed by atoms with Gasteiger partial charge in [0.05, 0.1) is 4.47 Å². The standard InChI is InChI=1S/C13H15Br2NO4/c1-8(2)16(6-13(18)19)12(17)7-20-11-4-3-9(14)5-10(11)15/h3-5,8H,6-7H2,1-2H3,(H,18,19). The number of carbonyl (C=O) groups excluding carboxylic acids is 1. The highest BCUT2D eigenvalue weighted by atomic mass is 79.9. The Hall–Kier alpha value is -1.08. The lowest BCUT2D eigenvalue weighted by atomic mass is 10.3. The molecule has 0 saturated heterocycles. The van der Waals surface area contributed by atoms with Gasteiger partial charge < -0.3 is 14.7 Å². The number of hydrogen-bond acceptors (Lipinski definition) is 3. The van der Waals surface area contributed by atoms with Crippen molar-refractivity contribution >= 4 is 43.7 Å². The molecule has 1 amide bonds. The number of halogens is 2. The highest BCUT2D eigenvalue weighted by Gasteiger charge is 2.20. The van der Waals surface area contributed by atoms with Gasteiger partial charge >= 0.3 is 5.97 Å². The summed E-state index contributed by atoms with van der Waals surface area (Å²) < 4.78 is 7.02. The molecule has 20 heavy (non-hydrogen) atoms. The van der Waals surface area contributed by atoms with Gasteiger partial charge in [0.2, 0.25) is 0 Å². The highest BCUT2D eigenvalue weighted by molar-refractivity contribution is 9.11. The zero-order chi connectivity index (χ0) is 15.3. The minimum Gasteiger partial charge on any atom is -0.483 e. The van der Waals surface area contributed by atoms with Gasteiger partial charge in [0, 0.05) is 10.5 Å². The lowest BCUT2D eigenvalue weighted by Crippen LogP contribution is -2.43. The topological polar surface area (TPSA) is 66.8 Å². The molecule has 1 N–H and O–H groups in total. The largest absolute Gasteiger partial charge is 0.483 e. The van der Waals surface area contributed by atoms with Crippen molar-refractivity contribution < 1.29 is 19.4 Å². The zero-order valence-corrected chi connectivity index (χ0v) is 14.3. The maximum absolute atomic E-state index is 12.0. The normalized spacial score (nSPS) is 10.4. The number of amides is 1. The van der Waals surface area contributed by atoms with Gasteiger partial charge in [0.25, 0.3) is 5.91 Å². The third-order valence-electron chi connectivity index (χ3n) is 2.49. The second kappa shape index (κ2) is 7.64. The number of hydrogen-bond donors (Lipinski definition) is 1. The van der Waals surface area contributed by atoms with E-state index < -0.39 is 5.97 Å². The van der Waals surface area contributed by atoms with Crippen LogP contribution in [0.2, 0.25) is 0 Å². The van der Waals surface area contributed by atoms with E-state index in [2.05, 4.69) is 31.9 Å². The van der Waals surface area contributed by atoms with Crippen LogP contribution >= 0.6 is 31.9 Å². The highest BCUT2D eigenvalue weighted by Crippen LogP contribution is 2.28. The van der Waals surface area contributed by atoms with Gasteiger partial charge in [-0.2, -0.15) is 0 Å². The van der Waals surface area contributed by atoms with E-state index >= 15 is 0 Å². The fraction of sp³-hybridized carbons (Fsp3) is 0.385. The molecule has 1 rings (SSSR count). The van der Waals surface area contributed by atoms with E-state index in [0.717, 1.165) is 4.47 Å². The van der Waals surface area contributed by atoms with Gasteiger partial charge in [-0.25, -0.2) is 0 Å². The monoisotopic (exact) mass is 407 g/mol. The lowest BCUT2D eigenvalue weighted by Gasteiger charge is -2.24. The molecule has 110 valence electrons. The Morgan fingerprint density at radius 2 is 2.00 bits per heavy atom. The van der Waals surface area contributed by atoms with Crippen LogP contribution in [0.5, 0.6) is 5.75 Å². The van der Waals surface area contributed by atoms with E-state index in [1.54, 1.807) is 32.0 Å². The van der Waals surface area contributed by atoms with E-state index in [0.29, 0.717) is 10.2 Å². The van der Waals surface area contributed by atoms with E-state index in [1.165, 1.54) is 4.90 Å². The summed E-state index contributed by atoms with van der Waals surface area (Å²) >= 11 is 6.65. The van der Waals surface area contributed by atoms with Crippen LogP contribution in [-0.2, 0) is 9.59 Å². The molecule has 0 heterocycles. The second-order valence-electron chi connectivity index (χ2n) is 4.37. The van der Waals surface area contributed by atoms with Crippen molar-refractivity contribution in [1.82, 2.24) is 4.90 Å². The summed E-state index contributed by atoms with van der Waals surface area (Å²) in [5.41, 5.74) is 0. The summed E-state index contributed by atoms with van der Waals surface area (Å²) in [6.07, 6.45) is 0. The Morgan fingerprint density at radius 3 is 2.50 bits per heavy atom. The predicted octanol–water partition coefficient (Wildman–Crippen LogP) is 2.91. The molecule has 0 aliphatic carbocycles. The molecule has 0 bridgehead atoms. The van der Waals surface area contributed by atoms with Crippen LogP contribution in [0.3, 0.4) is 0 Å². The van der Waals surface area contributed by atoms with E-state index in [1.807, 2.05) is 0 Å². The summed E-state index contributed by atoms with van der Waals surface area (Å²) in [4.78, 5) is 24.0. The first-order valence-electron chi connectivity index (χ1n) is 5.90. The average molecular weight is 409 g/mol. The van der Waals surface area contributed by atoms with E-state index in [4.69, 9.17) is 9.84 Å². The first-order valence-corrected chi connectivity index (χ1v) is 7.49. The number of ether oxygens (including phenoxy) is 1. The van der Waals surface area contributed by atoms with Gasteiger partial charge in [0.1, 0.15) is 12.3 Å². The fourth-order valence-corrected chi connectivity index (χ4v) is 2.68. The SMILES string of the molecule is CC(C)N(CC(=O)O)C(=O)COc1ccc(Br)cc1Br. The van der Waals surface area contributed by atoms with Crippen LogP contribution < -0.4 is 4.74 Å². The third-order valence-corrected chi connectivity index (χ3v) is 3.61. The second-order valence-corrected chi connectivity index (χ2v) is 6.14. The molecule has 0 aromatic heterocycles. The number of carbonyl (C=O) groups is 2. The minimum atomic E-state index is -1.04. The Labute approximate surface area is 134 Å². The van der Waals surface area contributed by atoms with Crippen molar-refractivity contribution in [1.29, 1.82) is 0 Å². The Bertz CT molecular complexity index is 505. The van der Waals surface area contributed by atoms with Crippen LogP contribution in [0.4, 0.5) is 0 Å². The van der Waals surface area contributed by atoms with Crippen LogP contribution in [-0.4, -0.2) is 41.1 Å². The van der Waals surface area contributed by atoms with Crippen LogP contribution in [0.25, 0.3) is 0 Å². The molecule has 0 aliphatic heterocycles. The van der Waals surface area contributed by atoms with Crippen molar-refractivity contribution in [3.05, 3.63) is 27.1 Å². The van der Waals surface area contributed by atoms with Crippen molar-refractivity contribution in [3.8, 4) is 5.75 Å². The van der Waals surface area contributed by atoms with Gasteiger partial charge in [-0.1, -0.05) is 15.9 Å². The van der Waals surface area contributed by atoms with Crippen LogP contribution in [0.15, 0.2) is 27.1 Å². The molecule has 0 atom stereocenters. The number of carboxylic acid groups (broad SMARTS) is 1. The molecule has 1 aromatic rings. The maximum Gasteiger partial charge on any atom is 0.323 e. The van der Waals surface area contributed by atoms with E-state index in [9.17, 15) is 9.59 Å². The first-order chi connectivity index (χ1) is 9.31. The molecule has 7 heteroatoms. The summed E-state index contributed by atoms with van der Waals surface area (Å²) in [6.45, 7) is 2.99. The molecule has 5 nitrogen and oxygen atoms in total. The van der Waals surface area contributed by atoms with Crippen molar-refractivity contribution in [3.63, 3.8) is 0 Å². The van der Waals surface area contributed by atoms with Crippen molar-refractivity contribution in [2.75, 3.05) is 13.2 Å². The molecular formula is C13H15Br2NO4. The smallest absolute Gasteiger partial charge is 0.323 e. The summed E-state index contributed by atoms with van der Waals surface area (Å²) in [5.74, 6) is -0.880. The molecule has 0 radical (unpaired) electrons. The number of rotatable bonds is 6. The summed E-state index contributed by atoms with van der Waals surface area (Å²) in [7, 11) is 0. The van der Waals surface area contributed by atoms with Crippen LogP contribution in [0, 0.1) is 0 Å². The molecule has 0 unspecified atom stereocenters. The molecular weight excluding hydrogens is 394 g/mol. The Morgan fingerprint density at radius 1 is 1.35 bits per heavy atom. The quantitative estimate of drug-likeness (QED) is 0.785. The number of aliphatic carboxylic acids is 1. The average Bonchev–Trinajstić information content (AvgIpc) is 2.34. The predicted molar refractivity (Wildman–Crippen MR) is 81.8 cm³/mol. The summed E-state index contributed by atoms with van der Waals surface area (Å²) in [5, 5.41) is 8.79. The molecule has 1 aromatic carbocycles. The van der Waals surface area contributed by atoms with E-state index in [-0.39, 0.29) is 25.1 Å². The maximum atomic E-state index is 12.0. The number of nitrogens with zero attached hydrogens (tertiary/aromatic N) is 1. The molecule has 0 saturated carbocycles. The number of benzene rings is 1. The van der Waals surface area contributed by atoms with Gasteiger partial charge in [0.15, 0.2) is 6.61 Å². The third kappa shape index (κ3) is 5.13. The Kier molecular flexibility index (Phi) is 6.48. The van der Waals surface area contributed by atoms with Crippen molar-refractivity contribution in [2.24, 2.45) is 0 Å². The van der Waals surface area contributed by atoms with Gasteiger partial charge in [-0.3, -0.25) is 9.59 Å². The molecule has 0 aliphatic rings. The van der Waals surface area contributed by atoms with Gasteiger partial charge in [-0.05, 0) is 48.0 Å². The molecule has 0 fully saturated rings. The molecule has 0 spiro atoms. The minimum absolute atomic E-state index is 0.199.